The molecule has 0 amide bonds. The Balaban J connectivity index is 1.69. The Morgan fingerprint density at radius 1 is 1.00 bits per heavy atom. The summed E-state index contributed by atoms with van der Waals surface area (Å²) in [7, 11) is 0. The Morgan fingerprint density at radius 2 is 1.75 bits per heavy atom. The van der Waals surface area contributed by atoms with E-state index in [1.807, 2.05) is 0 Å². The molecule has 1 aromatic carbocycles. The second-order valence-electron chi connectivity index (χ2n) is 7.03. The molecule has 4 fully saturated rings. The van der Waals surface area contributed by atoms with Crippen LogP contribution in [0.1, 0.15) is 42.6 Å². The van der Waals surface area contributed by atoms with Crippen molar-refractivity contribution in [1.29, 1.82) is 0 Å². The minimum absolute atomic E-state index is 0.328. The molecule has 0 spiro atoms. The zero-order valence-electron chi connectivity index (χ0n) is 11.5. The largest absolute Gasteiger partial charge is 0.340 e. The molecule has 2 nitrogen and oxygen atoms in total. The number of nitrogens with zero attached hydrogens (tertiary/aromatic N) is 2. The Morgan fingerprint density at radius 3 is 2.55 bits per heavy atom. The highest BCUT2D eigenvalue weighted by molar-refractivity contribution is 9.09. The average Bonchev–Trinajstić information content (AvgIpc) is 2.61. The summed E-state index contributed by atoms with van der Waals surface area (Å²) in [6, 6.07) is 9.35. The molecule has 6 rings (SSSR count). The maximum Gasteiger partial charge on any atom is 0.113 e. The third-order valence-electron chi connectivity index (χ3n) is 5.81. The molecule has 3 heteroatoms. The number of benzene rings is 1. The van der Waals surface area contributed by atoms with Crippen LogP contribution in [0.15, 0.2) is 29.3 Å². The van der Waals surface area contributed by atoms with Crippen LogP contribution in [0.5, 0.6) is 0 Å². The van der Waals surface area contributed by atoms with Gasteiger partial charge in [-0.25, -0.2) is 4.99 Å². The van der Waals surface area contributed by atoms with Gasteiger partial charge in [0.05, 0.1) is 5.69 Å². The van der Waals surface area contributed by atoms with E-state index in [9.17, 15) is 0 Å². The maximum atomic E-state index is 5.09. The van der Waals surface area contributed by atoms with Crippen molar-refractivity contribution in [1.82, 2.24) is 4.90 Å². The lowest BCUT2D eigenvalue weighted by Gasteiger charge is -2.41. The summed E-state index contributed by atoms with van der Waals surface area (Å²) < 4.78 is 0. The molecule has 1 aromatic rings. The molecule has 2 aliphatic carbocycles. The van der Waals surface area contributed by atoms with Crippen LogP contribution < -0.4 is 0 Å². The predicted octanol–water partition coefficient (Wildman–Crippen LogP) is 4.63. The van der Waals surface area contributed by atoms with Crippen molar-refractivity contribution in [3.05, 3.63) is 29.8 Å². The normalized spacial score (nSPS) is 41.0. The zero-order chi connectivity index (χ0) is 13.3. The summed E-state index contributed by atoms with van der Waals surface area (Å²) in [5.41, 5.74) is 2.53. The van der Waals surface area contributed by atoms with Gasteiger partial charge in [-0.15, -0.1) is 0 Å². The van der Waals surface area contributed by atoms with Crippen LogP contribution in [0.3, 0.4) is 0 Å². The summed E-state index contributed by atoms with van der Waals surface area (Å²) in [4.78, 5) is 8.05. The van der Waals surface area contributed by atoms with Gasteiger partial charge in [0, 0.05) is 17.5 Å². The van der Waals surface area contributed by atoms with E-state index in [-0.39, 0.29) is 0 Å². The number of para-hydroxylation sites is 1. The summed E-state index contributed by atoms with van der Waals surface area (Å²) in [5.74, 6) is 4.00. The highest BCUT2D eigenvalue weighted by Crippen LogP contribution is 2.53. The van der Waals surface area contributed by atoms with E-state index in [1.54, 1.807) is 0 Å². The van der Waals surface area contributed by atoms with Gasteiger partial charge in [-0.1, -0.05) is 34.1 Å². The van der Waals surface area contributed by atoms with Crippen LogP contribution in [-0.2, 0) is 0 Å². The lowest BCUT2D eigenvalue weighted by molar-refractivity contribution is 0.127. The van der Waals surface area contributed by atoms with E-state index >= 15 is 0 Å². The van der Waals surface area contributed by atoms with E-state index in [2.05, 4.69) is 45.1 Å². The first-order chi connectivity index (χ1) is 9.79. The van der Waals surface area contributed by atoms with Crippen molar-refractivity contribution in [2.45, 2.75) is 43.1 Å². The van der Waals surface area contributed by atoms with Crippen molar-refractivity contribution >= 4 is 27.5 Å². The lowest BCUT2D eigenvalue weighted by atomic mass is 9.68. The van der Waals surface area contributed by atoms with Crippen molar-refractivity contribution in [2.75, 3.05) is 0 Å². The molecule has 2 saturated carbocycles. The van der Waals surface area contributed by atoms with Gasteiger partial charge >= 0.3 is 0 Å². The molecule has 20 heavy (non-hydrogen) atoms. The fourth-order valence-corrected chi connectivity index (χ4v) is 6.10. The quantitative estimate of drug-likeness (QED) is 0.500. The first-order valence-electron chi connectivity index (χ1n) is 7.89. The van der Waals surface area contributed by atoms with Crippen LogP contribution in [0, 0.1) is 17.8 Å². The number of hydrogen-bond acceptors (Lipinski definition) is 2. The van der Waals surface area contributed by atoms with E-state index in [4.69, 9.17) is 4.99 Å². The van der Waals surface area contributed by atoms with Crippen molar-refractivity contribution < 1.29 is 0 Å². The van der Waals surface area contributed by atoms with Gasteiger partial charge in [-0.2, -0.15) is 0 Å². The average molecular weight is 331 g/mol. The number of fused-ring (bicyclic) bond motifs is 1. The van der Waals surface area contributed by atoms with Gasteiger partial charge in [0.25, 0.3) is 0 Å². The fourth-order valence-electron chi connectivity index (χ4n) is 5.17. The van der Waals surface area contributed by atoms with Gasteiger partial charge in [0.15, 0.2) is 0 Å². The number of hydrogen-bond donors (Lipinski definition) is 0. The zero-order valence-corrected chi connectivity index (χ0v) is 13.1. The Labute approximate surface area is 128 Å². The van der Waals surface area contributed by atoms with E-state index < -0.39 is 0 Å². The third kappa shape index (κ3) is 1.53. The van der Waals surface area contributed by atoms with E-state index in [1.165, 1.54) is 49.2 Å². The highest BCUT2D eigenvalue weighted by Gasteiger charge is 2.48. The first-order valence-corrected chi connectivity index (χ1v) is 8.81. The molecule has 2 saturated heterocycles. The smallest absolute Gasteiger partial charge is 0.113 e. The van der Waals surface area contributed by atoms with Gasteiger partial charge in [-0.05, 0) is 50.0 Å². The molecule has 4 bridgehead atoms. The van der Waals surface area contributed by atoms with Gasteiger partial charge in [-0.3, -0.25) is 0 Å². The van der Waals surface area contributed by atoms with Crippen molar-refractivity contribution in [2.24, 2.45) is 22.7 Å². The molecule has 3 atom stereocenters. The highest BCUT2D eigenvalue weighted by atomic mass is 79.9. The lowest BCUT2D eigenvalue weighted by Crippen LogP contribution is -2.43. The van der Waals surface area contributed by atoms with E-state index in [0.29, 0.717) is 16.9 Å². The predicted molar refractivity (Wildman–Crippen MR) is 84.4 cm³/mol. The number of alkyl halides is 1. The van der Waals surface area contributed by atoms with Gasteiger partial charge in [0.1, 0.15) is 10.8 Å². The minimum Gasteiger partial charge on any atom is -0.340 e. The minimum atomic E-state index is 0.328. The van der Waals surface area contributed by atoms with Crippen LogP contribution in [0.25, 0.3) is 0 Å². The van der Waals surface area contributed by atoms with E-state index in [0.717, 1.165) is 11.8 Å². The van der Waals surface area contributed by atoms with Gasteiger partial charge < -0.3 is 4.90 Å². The molecular weight excluding hydrogens is 312 g/mol. The molecule has 0 aromatic heterocycles. The molecule has 104 valence electrons. The third-order valence-corrected chi connectivity index (χ3v) is 6.74. The monoisotopic (exact) mass is 330 g/mol. The molecule has 0 N–H and O–H groups in total. The van der Waals surface area contributed by atoms with Crippen LogP contribution in [0.2, 0.25) is 0 Å². The van der Waals surface area contributed by atoms with Gasteiger partial charge in [0.2, 0.25) is 0 Å². The SMILES string of the molecule is BrC1c2ccccc2N=C2C3CC4CC(C3)CC(C4)N21. The van der Waals surface area contributed by atoms with Crippen molar-refractivity contribution in [3.63, 3.8) is 0 Å². The summed E-state index contributed by atoms with van der Waals surface area (Å²) >= 11 is 3.98. The summed E-state index contributed by atoms with van der Waals surface area (Å²) in [6.07, 6.45) is 7.01. The number of amidine groups is 1. The molecule has 5 aliphatic rings. The number of rotatable bonds is 0. The Hall–Kier alpha value is -0.830. The molecule has 3 heterocycles. The number of halogens is 1. The number of aliphatic imine (C=N–C) groups is 1. The summed E-state index contributed by atoms with van der Waals surface area (Å²) in [5, 5.41) is 0. The summed E-state index contributed by atoms with van der Waals surface area (Å²) in [6.45, 7) is 0. The first kappa shape index (κ1) is 11.8. The van der Waals surface area contributed by atoms with Crippen molar-refractivity contribution in [3.8, 4) is 0 Å². The molecule has 3 aliphatic heterocycles. The fraction of sp³-hybridized carbons (Fsp3) is 0.588. The van der Waals surface area contributed by atoms with Crippen LogP contribution in [-0.4, -0.2) is 16.8 Å². The molecule has 3 unspecified atom stereocenters. The maximum absolute atomic E-state index is 5.09. The standard InChI is InChI=1S/C17H19BrN2/c18-16-14-3-1-2-4-15(14)19-17-12-6-10-5-11(7-12)9-13(8-10)20(16)17/h1-4,10-13,16H,5-9H2. The molecular formula is C17H19BrN2. The second-order valence-corrected chi connectivity index (χ2v) is 7.90. The second kappa shape index (κ2) is 4.09. The Bertz CT molecular complexity index is 582. The van der Waals surface area contributed by atoms with Crippen LogP contribution in [0.4, 0.5) is 5.69 Å². The topological polar surface area (TPSA) is 15.6 Å². The van der Waals surface area contributed by atoms with Crippen LogP contribution >= 0.6 is 15.9 Å². The molecule has 0 radical (unpaired) electrons. The Kier molecular flexibility index (Phi) is 2.41.